The number of amides is 1. The van der Waals surface area contributed by atoms with Crippen LogP contribution in [0.4, 0.5) is 19.3 Å². The zero-order valence-corrected chi connectivity index (χ0v) is 23.2. The van der Waals surface area contributed by atoms with Crippen molar-refractivity contribution in [3.05, 3.63) is 119 Å². The Balaban J connectivity index is 1.34. The Bertz CT molecular complexity index is 1730. The number of aromatic carboxylic acids is 1. The van der Waals surface area contributed by atoms with Crippen molar-refractivity contribution in [2.75, 3.05) is 5.32 Å². The first-order chi connectivity index (χ1) is 20.2. The summed E-state index contributed by atoms with van der Waals surface area (Å²) in [6.45, 7) is 3.56. The zero-order chi connectivity index (χ0) is 29.8. The highest BCUT2D eigenvalue weighted by Crippen LogP contribution is 2.38. The molecule has 1 atom stereocenters. The van der Waals surface area contributed by atoms with Gasteiger partial charge in [0, 0.05) is 0 Å². The van der Waals surface area contributed by atoms with E-state index in [-0.39, 0.29) is 16.9 Å². The first kappa shape index (κ1) is 28.4. The average molecular weight is 587 g/mol. The van der Waals surface area contributed by atoms with Crippen molar-refractivity contribution in [2.45, 2.75) is 20.0 Å². The van der Waals surface area contributed by atoms with Crippen LogP contribution in [0.1, 0.15) is 34.6 Å². The topological polar surface area (TPSA) is 97.8 Å². The number of anilines is 1. The normalized spacial score (nSPS) is 11.5. The minimum absolute atomic E-state index is 0.178. The third kappa shape index (κ3) is 6.13. The number of carbonyl (C=O) groups excluding carboxylic acids is 1. The largest absolute Gasteiger partial charge is 0.478 e. The van der Waals surface area contributed by atoms with Gasteiger partial charge in [-0.2, -0.15) is 4.37 Å². The molecule has 212 valence electrons. The van der Waals surface area contributed by atoms with Crippen molar-refractivity contribution >= 4 is 29.3 Å². The lowest BCUT2D eigenvalue weighted by Crippen LogP contribution is -2.16. The summed E-state index contributed by atoms with van der Waals surface area (Å²) in [7, 11) is 0. The van der Waals surface area contributed by atoms with Gasteiger partial charge in [0.2, 0.25) is 0 Å². The Morgan fingerprint density at radius 3 is 2.17 bits per heavy atom. The molecule has 0 radical (unpaired) electrons. The van der Waals surface area contributed by atoms with Gasteiger partial charge in [-0.3, -0.25) is 5.32 Å². The molecular weight excluding hydrogens is 562 g/mol. The van der Waals surface area contributed by atoms with Gasteiger partial charge in [0.1, 0.15) is 17.4 Å². The number of rotatable bonds is 8. The minimum Gasteiger partial charge on any atom is -0.478 e. The van der Waals surface area contributed by atoms with Crippen molar-refractivity contribution < 1.29 is 33.0 Å². The SMILES string of the molecule is Cc1nsc(-c2ccc(-c3cc(F)c(Oc4ccccc4C(=O)O)c(F)c3)cc2)c1NC(=O)OC(C)c1ccccc1. The summed E-state index contributed by atoms with van der Waals surface area (Å²) < 4.78 is 45.1. The van der Waals surface area contributed by atoms with Gasteiger partial charge in [-0.25, -0.2) is 18.4 Å². The van der Waals surface area contributed by atoms with Gasteiger partial charge >= 0.3 is 12.1 Å². The number of aromatic nitrogens is 1. The van der Waals surface area contributed by atoms with Crippen LogP contribution in [0.25, 0.3) is 21.6 Å². The molecule has 0 bridgehead atoms. The number of hydrogen-bond acceptors (Lipinski definition) is 6. The third-order valence-corrected chi connectivity index (χ3v) is 7.44. The number of benzene rings is 4. The number of carboxylic acid groups (broad SMARTS) is 1. The molecule has 2 N–H and O–H groups in total. The van der Waals surface area contributed by atoms with Crippen LogP contribution in [0.3, 0.4) is 0 Å². The second kappa shape index (κ2) is 12.2. The predicted octanol–water partition coefficient (Wildman–Crippen LogP) is 8.86. The number of para-hydroxylation sites is 1. The Labute approximate surface area is 244 Å². The van der Waals surface area contributed by atoms with E-state index in [0.717, 1.165) is 23.3 Å². The fourth-order valence-corrected chi connectivity index (χ4v) is 5.13. The highest BCUT2D eigenvalue weighted by molar-refractivity contribution is 7.10. The molecule has 0 aliphatic carbocycles. The molecule has 1 aromatic heterocycles. The van der Waals surface area contributed by atoms with Gasteiger partial charge < -0.3 is 14.6 Å². The zero-order valence-electron chi connectivity index (χ0n) is 22.4. The Kier molecular flexibility index (Phi) is 8.26. The van der Waals surface area contributed by atoms with Crippen molar-refractivity contribution in [2.24, 2.45) is 0 Å². The molecule has 0 aliphatic rings. The monoisotopic (exact) mass is 586 g/mol. The van der Waals surface area contributed by atoms with Crippen molar-refractivity contribution in [1.29, 1.82) is 0 Å². The summed E-state index contributed by atoms with van der Waals surface area (Å²) in [5.41, 5.74) is 3.30. The molecule has 0 aliphatic heterocycles. The van der Waals surface area contributed by atoms with Crippen LogP contribution in [0.2, 0.25) is 0 Å². The fourth-order valence-electron chi connectivity index (χ4n) is 4.28. The maximum atomic E-state index is 15.0. The highest BCUT2D eigenvalue weighted by atomic mass is 32.1. The number of hydrogen-bond donors (Lipinski definition) is 2. The number of carbonyl (C=O) groups is 2. The van der Waals surface area contributed by atoms with Gasteiger partial charge in [0.05, 0.1) is 16.3 Å². The van der Waals surface area contributed by atoms with E-state index in [1.165, 1.54) is 35.8 Å². The van der Waals surface area contributed by atoms with Crippen molar-refractivity contribution in [3.63, 3.8) is 0 Å². The van der Waals surface area contributed by atoms with Crippen molar-refractivity contribution in [3.8, 4) is 33.1 Å². The van der Waals surface area contributed by atoms with E-state index in [2.05, 4.69) is 9.69 Å². The van der Waals surface area contributed by atoms with Gasteiger partial charge in [0.15, 0.2) is 17.4 Å². The number of aryl methyl sites for hydroxylation is 1. The van der Waals surface area contributed by atoms with Crippen LogP contribution in [0.5, 0.6) is 11.5 Å². The third-order valence-electron chi connectivity index (χ3n) is 6.45. The Morgan fingerprint density at radius 2 is 1.50 bits per heavy atom. The van der Waals surface area contributed by atoms with E-state index in [1.807, 2.05) is 30.3 Å². The number of nitrogens with one attached hydrogen (secondary N) is 1. The van der Waals surface area contributed by atoms with Crippen LogP contribution >= 0.6 is 11.5 Å². The number of halogens is 2. The molecule has 0 spiro atoms. The van der Waals surface area contributed by atoms with E-state index < -0.39 is 35.6 Å². The molecule has 4 aromatic carbocycles. The summed E-state index contributed by atoms with van der Waals surface area (Å²) in [5.74, 6) is -4.13. The second-order valence-corrected chi connectivity index (χ2v) is 10.1. The average Bonchev–Trinajstić information content (AvgIpc) is 3.34. The first-order valence-corrected chi connectivity index (χ1v) is 13.6. The summed E-state index contributed by atoms with van der Waals surface area (Å²) in [4.78, 5) is 24.8. The summed E-state index contributed by atoms with van der Waals surface area (Å²) in [5, 5.41) is 12.1. The van der Waals surface area contributed by atoms with E-state index in [1.54, 1.807) is 38.1 Å². The predicted molar refractivity (Wildman–Crippen MR) is 156 cm³/mol. The molecule has 42 heavy (non-hydrogen) atoms. The number of carboxylic acids is 1. The van der Waals surface area contributed by atoms with Gasteiger partial charge in [-0.15, -0.1) is 0 Å². The Hall–Kier alpha value is -5.09. The molecule has 10 heteroatoms. The smallest absolute Gasteiger partial charge is 0.412 e. The molecule has 0 saturated carbocycles. The molecule has 5 rings (SSSR count). The maximum Gasteiger partial charge on any atom is 0.412 e. The van der Waals surface area contributed by atoms with Crippen LogP contribution in [-0.4, -0.2) is 21.5 Å². The molecule has 1 heterocycles. The number of ether oxygens (including phenoxy) is 2. The molecule has 7 nitrogen and oxygen atoms in total. The highest BCUT2D eigenvalue weighted by Gasteiger charge is 2.20. The van der Waals surface area contributed by atoms with E-state index in [4.69, 9.17) is 9.47 Å². The van der Waals surface area contributed by atoms with Crippen LogP contribution in [0, 0.1) is 18.6 Å². The van der Waals surface area contributed by atoms with Gasteiger partial charge in [-0.1, -0.05) is 66.7 Å². The molecule has 1 unspecified atom stereocenters. The van der Waals surface area contributed by atoms with Crippen molar-refractivity contribution in [1.82, 2.24) is 4.37 Å². The first-order valence-electron chi connectivity index (χ1n) is 12.8. The van der Waals surface area contributed by atoms with Crippen LogP contribution in [0.15, 0.2) is 91.0 Å². The van der Waals surface area contributed by atoms with Crippen LogP contribution in [-0.2, 0) is 4.74 Å². The molecule has 0 saturated heterocycles. The summed E-state index contributed by atoms with van der Waals surface area (Å²) in [6.07, 6.45) is -1.07. The quantitative estimate of drug-likeness (QED) is 0.188. The second-order valence-electron chi connectivity index (χ2n) is 9.31. The summed E-state index contributed by atoms with van der Waals surface area (Å²) >= 11 is 1.20. The van der Waals surface area contributed by atoms with Crippen LogP contribution < -0.4 is 10.1 Å². The van der Waals surface area contributed by atoms with Gasteiger partial charge in [-0.05, 0) is 71.9 Å². The summed E-state index contributed by atoms with van der Waals surface area (Å²) in [6, 6.07) is 24.1. The molecule has 0 fully saturated rings. The van der Waals surface area contributed by atoms with E-state index in [9.17, 15) is 23.5 Å². The molecule has 1 amide bonds. The Morgan fingerprint density at radius 1 is 0.881 bits per heavy atom. The maximum absolute atomic E-state index is 15.0. The minimum atomic E-state index is -1.28. The van der Waals surface area contributed by atoms with E-state index >= 15 is 0 Å². The molecule has 5 aromatic rings. The number of nitrogens with zero attached hydrogens (tertiary/aromatic N) is 1. The lowest BCUT2D eigenvalue weighted by molar-refractivity contribution is 0.0693. The lowest BCUT2D eigenvalue weighted by Gasteiger charge is -2.15. The van der Waals surface area contributed by atoms with E-state index in [0.29, 0.717) is 21.8 Å². The fraction of sp³-hybridized carbons (Fsp3) is 0.0938. The standard InChI is InChI=1S/C32H24F2N2O5S/c1-18-28(35-32(39)40-19(2)20-8-4-3-5-9-20)30(42-36-18)22-14-12-21(13-15-22)23-16-25(33)29(26(34)17-23)41-27-11-7-6-10-24(27)31(37)38/h3-17,19H,1-2H3,(H,35,39)(H,37,38). The van der Waals surface area contributed by atoms with Gasteiger partial charge in [0.25, 0.3) is 0 Å². The lowest BCUT2D eigenvalue weighted by atomic mass is 10.0. The molecular formula is C32H24F2N2O5S.